The van der Waals surface area contributed by atoms with E-state index in [0.717, 1.165) is 19.4 Å². The highest BCUT2D eigenvalue weighted by molar-refractivity contribution is 5.77. The standard InChI is InChI=1S/C16H21N3O/c1-19-8-10(16(17)20)5-12-11-3-2-4-13-15(11)9(7-18-13)6-14(12)19/h2-4,7,10,12-15,18H,5-6,8H2,1H3,(H2,17,20). The Kier molecular flexibility index (Phi) is 2.58. The van der Waals surface area contributed by atoms with Gasteiger partial charge in [-0.3, -0.25) is 4.79 Å². The fraction of sp³-hybridized carbons (Fsp3) is 0.562. The van der Waals surface area contributed by atoms with Crippen molar-refractivity contribution >= 4 is 5.91 Å². The van der Waals surface area contributed by atoms with Crippen LogP contribution < -0.4 is 11.1 Å². The van der Waals surface area contributed by atoms with Crippen molar-refractivity contribution in [1.29, 1.82) is 0 Å². The molecule has 2 fully saturated rings. The van der Waals surface area contributed by atoms with Crippen LogP contribution in [0.25, 0.3) is 0 Å². The second kappa shape index (κ2) is 4.22. The van der Waals surface area contributed by atoms with Crippen LogP contribution in [0.1, 0.15) is 12.8 Å². The van der Waals surface area contributed by atoms with E-state index < -0.39 is 0 Å². The lowest BCUT2D eigenvalue weighted by Gasteiger charge is -2.49. The number of primary amides is 1. The van der Waals surface area contributed by atoms with Crippen LogP contribution in [0.3, 0.4) is 0 Å². The Morgan fingerprint density at radius 3 is 3.15 bits per heavy atom. The number of nitrogens with two attached hydrogens (primary N) is 1. The average molecular weight is 271 g/mol. The Balaban J connectivity index is 1.71. The first-order valence-electron chi connectivity index (χ1n) is 7.48. The lowest BCUT2D eigenvalue weighted by Crippen LogP contribution is -2.53. The number of likely N-dealkylation sites (tertiary alicyclic amines) is 1. The molecule has 1 saturated heterocycles. The van der Waals surface area contributed by atoms with Gasteiger partial charge in [-0.1, -0.05) is 23.8 Å². The lowest BCUT2D eigenvalue weighted by atomic mass is 9.64. The number of allylic oxidation sites excluding steroid dienone is 2. The number of hydrogen-bond donors (Lipinski definition) is 2. The number of piperidine rings is 1. The molecular formula is C16H21N3O. The highest BCUT2D eigenvalue weighted by Gasteiger charge is 2.48. The summed E-state index contributed by atoms with van der Waals surface area (Å²) in [6.07, 6.45) is 10.9. The fourth-order valence-electron chi connectivity index (χ4n) is 4.57. The molecule has 5 atom stereocenters. The third-order valence-electron chi connectivity index (χ3n) is 5.54. The molecule has 4 heteroatoms. The van der Waals surface area contributed by atoms with E-state index in [1.165, 1.54) is 11.1 Å². The molecule has 0 spiro atoms. The van der Waals surface area contributed by atoms with Gasteiger partial charge in [0, 0.05) is 18.5 Å². The molecule has 0 aromatic carbocycles. The molecular weight excluding hydrogens is 250 g/mol. The van der Waals surface area contributed by atoms with Crippen LogP contribution in [-0.2, 0) is 4.79 Å². The quantitative estimate of drug-likeness (QED) is 0.741. The Labute approximate surface area is 119 Å². The Bertz CT molecular complexity index is 548. The second-order valence-electron chi connectivity index (χ2n) is 6.59. The van der Waals surface area contributed by atoms with Gasteiger partial charge in [-0.2, -0.15) is 0 Å². The molecule has 0 aromatic heterocycles. The SMILES string of the molecule is CN1CC(C(N)=O)CC2C3=CC=CC4NC=C(CC21)C34. The molecule has 1 saturated carbocycles. The Hall–Kier alpha value is -1.55. The molecule has 4 aliphatic rings. The molecule has 5 unspecified atom stereocenters. The number of nitrogens with zero attached hydrogens (tertiary/aromatic N) is 1. The number of hydrogen-bond acceptors (Lipinski definition) is 3. The van der Waals surface area contributed by atoms with Gasteiger partial charge in [-0.15, -0.1) is 0 Å². The van der Waals surface area contributed by atoms with Crippen molar-refractivity contribution < 1.29 is 4.79 Å². The van der Waals surface area contributed by atoms with Crippen molar-refractivity contribution in [3.63, 3.8) is 0 Å². The van der Waals surface area contributed by atoms with Gasteiger partial charge in [0.05, 0.1) is 12.0 Å². The van der Waals surface area contributed by atoms with Gasteiger partial charge in [0.15, 0.2) is 0 Å². The lowest BCUT2D eigenvalue weighted by molar-refractivity contribution is -0.124. The van der Waals surface area contributed by atoms with E-state index in [-0.39, 0.29) is 11.8 Å². The van der Waals surface area contributed by atoms with E-state index in [9.17, 15) is 4.79 Å². The molecule has 3 N–H and O–H groups in total. The van der Waals surface area contributed by atoms with E-state index in [4.69, 9.17) is 5.73 Å². The fourth-order valence-corrected chi connectivity index (χ4v) is 4.57. The van der Waals surface area contributed by atoms with Crippen molar-refractivity contribution in [3.05, 3.63) is 35.6 Å². The Morgan fingerprint density at radius 2 is 2.35 bits per heavy atom. The van der Waals surface area contributed by atoms with Crippen LogP contribution in [-0.4, -0.2) is 36.5 Å². The minimum atomic E-state index is -0.148. The Morgan fingerprint density at radius 1 is 1.50 bits per heavy atom. The molecule has 2 heterocycles. The molecule has 0 bridgehead atoms. The number of fused-ring (bicyclic) bond motifs is 2. The van der Waals surface area contributed by atoms with Gasteiger partial charge in [0.1, 0.15) is 0 Å². The zero-order chi connectivity index (χ0) is 13.9. The summed E-state index contributed by atoms with van der Waals surface area (Å²) >= 11 is 0. The number of amides is 1. The predicted octanol–water partition coefficient (Wildman–Crippen LogP) is 0.780. The molecule has 1 amide bonds. The molecule has 4 nitrogen and oxygen atoms in total. The minimum Gasteiger partial charge on any atom is -0.384 e. The molecule has 0 radical (unpaired) electrons. The van der Waals surface area contributed by atoms with Gasteiger partial charge in [-0.05, 0) is 37.6 Å². The summed E-state index contributed by atoms with van der Waals surface area (Å²) in [5, 5.41) is 3.49. The summed E-state index contributed by atoms with van der Waals surface area (Å²) in [6.45, 7) is 0.800. The number of carbonyl (C=O) groups is 1. The number of carbonyl (C=O) groups excluding carboxylic acids is 1. The summed E-state index contributed by atoms with van der Waals surface area (Å²) in [7, 11) is 2.13. The third kappa shape index (κ3) is 1.61. The van der Waals surface area contributed by atoms with Crippen LogP contribution in [0.5, 0.6) is 0 Å². The maximum Gasteiger partial charge on any atom is 0.221 e. The highest BCUT2D eigenvalue weighted by atomic mass is 16.1. The van der Waals surface area contributed by atoms with Crippen molar-refractivity contribution in [2.24, 2.45) is 23.5 Å². The van der Waals surface area contributed by atoms with Gasteiger partial charge in [0.2, 0.25) is 5.91 Å². The van der Waals surface area contributed by atoms with Crippen LogP contribution in [0, 0.1) is 17.8 Å². The summed E-state index contributed by atoms with van der Waals surface area (Å²) < 4.78 is 0. The van der Waals surface area contributed by atoms with E-state index in [1.54, 1.807) is 0 Å². The topological polar surface area (TPSA) is 58.4 Å². The van der Waals surface area contributed by atoms with Crippen molar-refractivity contribution in [2.45, 2.75) is 24.9 Å². The molecule has 0 aromatic rings. The van der Waals surface area contributed by atoms with Gasteiger partial charge in [0.25, 0.3) is 0 Å². The average Bonchev–Trinajstić information content (AvgIpc) is 2.84. The zero-order valence-corrected chi connectivity index (χ0v) is 11.8. The maximum atomic E-state index is 11.6. The molecule has 20 heavy (non-hydrogen) atoms. The van der Waals surface area contributed by atoms with Gasteiger partial charge >= 0.3 is 0 Å². The second-order valence-corrected chi connectivity index (χ2v) is 6.59. The number of rotatable bonds is 1. The molecule has 2 aliphatic heterocycles. The van der Waals surface area contributed by atoms with E-state index in [2.05, 4.69) is 41.7 Å². The third-order valence-corrected chi connectivity index (χ3v) is 5.54. The predicted molar refractivity (Wildman–Crippen MR) is 77.5 cm³/mol. The number of nitrogens with one attached hydrogen (secondary N) is 1. The highest BCUT2D eigenvalue weighted by Crippen LogP contribution is 2.49. The van der Waals surface area contributed by atoms with E-state index in [1.807, 2.05) is 0 Å². The van der Waals surface area contributed by atoms with Crippen molar-refractivity contribution in [1.82, 2.24) is 10.2 Å². The van der Waals surface area contributed by atoms with E-state index >= 15 is 0 Å². The van der Waals surface area contributed by atoms with Crippen LogP contribution in [0.15, 0.2) is 35.6 Å². The van der Waals surface area contributed by atoms with Gasteiger partial charge in [-0.25, -0.2) is 0 Å². The summed E-state index contributed by atoms with van der Waals surface area (Å²) in [4.78, 5) is 14.0. The zero-order valence-electron chi connectivity index (χ0n) is 11.8. The normalized spacial score (nSPS) is 42.1. The molecule has 2 aliphatic carbocycles. The van der Waals surface area contributed by atoms with Crippen LogP contribution in [0.4, 0.5) is 0 Å². The monoisotopic (exact) mass is 271 g/mol. The molecule has 106 valence electrons. The maximum absolute atomic E-state index is 11.6. The van der Waals surface area contributed by atoms with E-state index in [0.29, 0.717) is 23.9 Å². The van der Waals surface area contributed by atoms with Crippen molar-refractivity contribution in [3.8, 4) is 0 Å². The van der Waals surface area contributed by atoms with Gasteiger partial charge < -0.3 is 16.0 Å². The smallest absolute Gasteiger partial charge is 0.221 e. The summed E-state index contributed by atoms with van der Waals surface area (Å²) in [6, 6.07) is 0.941. The van der Waals surface area contributed by atoms with Crippen molar-refractivity contribution in [2.75, 3.05) is 13.6 Å². The first-order chi connectivity index (χ1) is 9.65. The largest absolute Gasteiger partial charge is 0.384 e. The minimum absolute atomic E-state index is 0.00796. The summed E-state index contributed by atoms with van der Waals surface area (Å²) in [5.74, 6) is 0.832. The first kappa shape index (κ1) is 12.2. The first-order valence-corrected chi connectivity index (χ1v) is 7.48. The molecule has 4 rings (SSSR count). The summed E-state index contributed by atoms with van der Waals surface area (Å²) in [5.41, 5.74) is 8.59. The van der Waals surface area contributed by atoms with Crippen LogP contribution in [0.2, 0.25) is 0 Å². The van der Waals surface area contributed by atoms with Crippen LogP contribution >= 0.6 is 0 Å².